The molecule has 0 N–H and O–H groups in total. The van der Waals surface area contributed by atoms with Gasteiger partial charge in [-0.1, -0.05) is 28.1 Å². The summed E-state index contributed by atoms with van der Waals surface area (Å²) in [6, 6.07) is 3.41. The van der Waals surface area contributed by atoms with Gasteiger partial charge in [0.25, 0.3) is 0 Å². The standard InChI is InChI=1S/C9H7BrF2/c10-3-1-2-7-4-8(11)6-9(12)5-7/h1-2,4-6H,3H2. The summed E-state index contributed by atoms with van der Waals surface area (Å²) in [4.78, 5) is 0. The van der Waals surface area contributed by atoms with Crippen LogP contribution in [0.15, 0.2) is 24.3 Å². The van der Waals surface area contributed by atoms with Gasteiger partial charge in [-0.2, -0.15) is 0 Å². The first kappa shape index (κ1) is 9.39. The van der Waals surface area contributed by atoms with Crippen LogP contribution >= 0.6 is 15.9 Å². The number of allylic oxidation sites excluding steroid dienone is 1. The van der Waals surface area contributed by atoms with Gasteiger partial charge in [-0.15, -0.1) is 0 Å². The molecule has 0 fully saturated rings. The highest BCUT2D eigenvalue weighted by Gasteiger charge is 1.96. The van der Waals surface area contributed by atoms with Crippen LogP contribution in [0, 0.1) is 11.6 Å². The molecule has 3 heteroatoms. The number of benzene rings is 1. The van der Waals surface area contributed by atoms with Gasteiger partial charge in [0, 0.05) is 11.4 Å². The Bertz CT molecular complexity index is 274. The molecule has 64 valence electrons. The first-order valence-corrected chi connectivity index (χ1v) is 4.53. The Balaban J connectivity index is 2.93. The molecule has 0 nitrogen and oxygen atoms in total. The van der Waals surface area contributed by atoms with E-state index in [1.807, 2.05) is 0 Å². The SMILES string of the molecule is Fc1cc(F)cc(C=CCBr)c1. The van der Waals surface area contributed by atoms with E-state index in [2.05, 4.69) is 15.9 Å². The summed E-state index contributed by atoms with van der Waals surface area (Å²) >= 11 is 3.17. The number of hydrogen-bond acceptors (Lipinski definition) is 0. The Labute approximate surface area is 78.0 Å². The van der Waals surface area contributed by atoms with E-state index >= 15 is 0 Å². The Morgan fingerprint density at radius 3 is 2.25 bits per heavy atom. The third kappa shape index (κ3) is 2.74. The maximum absolute atomic E-state index is 12.6. The van der Waals surface area contributed by atoms with Crippen molar-refractivity contribution in [2.45, 2.75) is 0 Å². The van der Waals surface area contributed by atoms with E-state index in [1.165, 1.54) is 12.1 Å². The summed E-state index contributed by atoms with van der Waals surface area (Å²) in [5.74, 6) is -1.10. The minimum absolute atomic E-state index is 0.534. The van der Waals surface area contributed by atoms with Crippen molar-refractivity contribution in [3.8, 4) is 0 Å². The fraction of sp³-hybridized carbons (Fsp3) is 0.111. The van der Waals surface area contributed by atoms with E-state index in [-0.39, 0.29) is 0 Å². The lowest BCUT2D eigenvalue weighted by Gasteiger charge is -1.94. The second-order valence-corrected chi connectivity index (χ2v) is 2.91. The molecule has 12 heavy (non-hydrogen) atoms. The fourth-order valence-corrected chi connectivity index (χ4v) is 1.04. The molecule has 0 unspecified atom stereocenters. The highest BCUT2D eigenvalue weighted by atomic mass is 79.9. The second-order valence-electron chi connectivity index (χ2n) is 2.26. The molecule has 0 aliphatic carbocycles. The molecule has 0 spiro atoms. The molecule has 0 aliphatic rings. The van der Waals surface area contributed by atoms with Crippen molar-refractivity contribution < 1.29 is 8.78 Å². The molecule has 0 saturated heterocycles. The molecular formula is C9H7BrF2. The van der Waals surface area contributed by atoms with Gasteiger partial charge in [0.05, 0.1) is 0 Å². The van der Waals surface area contributed by atoms with Crippen LogP contribution in [0.5, 0.6) is 0 Å². The molecule has 0 heterocycles. The lowest BCUT2D eigenvalue weighted by atomic mass is 10.2. The van der Waals surface area contributed by atoms with Crippen molar-refractivity contribution in [3.63, 3.8) is 0 Å². The van der Waals surface area contributed by atoms with Crippen molar-refractivity contribution >= 4 is 22.0 Å². The third-order valence-corrected chi connectivity index (χ3v) is 1.66. The monoisotopic (exact) mass is 232 g/mol. The highest BCUT2D eigenvalue weighted by molar-refractivity contribution is 9.09. The molecule has 1 aromatic rings. The van der Waals surface area contributed by atoms with Crippen LogP contribution in [0.2, 0.25) is 0 Å². The molecule has 0 atom stereocenters. The molecule has 0 aliphatic heterocycles. The van der Waals surface area contributed by atoms with Crippen LogP contribution in [0.4, 0.5) is 8.78 Å². The lowest BCUT2D eigenvalue weighted by molar-refractivity contribution is 0.583. The summed E-state index contributed by atoms with van der Waals surface area (Å²) in [5, 5.41) is 0.672. The number of rotatable bonds is 2. The fourth-order valence-electron chi connectivity index (χ4n) is 0.852. The van der Waals surface area contributed by atoms with Gasteiger partial charge in [0.15, 0.2) is 0 Å². The van der Waals surface area contributed by atoms with Crippen molar-refractivity contribution in [1.29, 1.82) is 0 Å². The second kappa shape index (κ2) is 4.36. The Kier molecular flexibility index (Phi) is 3.41. The number of hydrogen-bond donors (Lipinski definition) is 0. The smallest absolute Gasteiger partial charge is 0.126 e. The summed E-state index contributed by atoms with van der Waals surface area (Å²) in [6.45, 7) is 0. The maximum Gasteiger partial charge on any atom is 0.126 e. The molecule has 0 amide bonds. The summed E-state index contributed by atoms with van der Waals surface area (Å²) < 4.78 is 25.1. The Morgan fingerprint density at radius 1 is 1.17 bits per heavy atom. The van der Waals surface area contributed by atoms with E-state index < -0.39 is 11.6 Å². The van der Waals surface area contributed by atoms with Crippen LogP contribution in [-0.2, 0) is 0 Å². The van der Waals surface area contributed by atoms with Gasteiger partial charge in [-0.3, -0.25) is 0 Å². The average molecular weight is 233 g/mol. The van der Waals surface area contributed by atoms with Crippen LogP contribution in [0.25, 0.3) is 6.08 Å². The Hall–Kier alpha value is -0.700. The van der Waals surface area contributed by atoms with Gasteiger partial charge in [0.2, 0.25) is 0 Å². The van der Waals surface area contributed by atoms with Gasteiger partial charge in [0.1, 0.15) is 11.6 Å². The van der Waals surface area contributed by atoms with E-state index in [0.29, 0.717) is 10.9 Å². The van der Waals surface area contributed by atoms with E-state index in [4.69, 9.17) is 0 Å². The number of alkyl halides is 1. The van der Waals surface area contributed by atoms with E-state index in [9.17, 15) is 8.78 Å². The first-order chi connectivity index (χ1) is 5.72. The first-order valence-electron chi connectivity index (χ1n) is 3.41. The molecule has 0 radical (unpaired) electrons. The Morgan fingerprint density at radius 2 is 1.75 bits per heavy atom. The van der Waals surface area contributed by atoms with Gasteiger partial charge in [-0.25, -0.2) is 8.78 Å². The van der Waals surface area contributed by atoms with Crippen LogP contribution in [0.3, 0.4) is 0 Å². The average Bonchev–Trinajstić information content (AvgIpc) is 1.99. The van der Waals surface area contributed by atoms with Crippen molar-refractivity contribution in [1.82, 2.24) is 0 Å². The quantitative estimate of drug-likeness (QED) is 0.687. The normalized spacial score (nSPS) is 10.9. The summed E-state index contributed by atoms with van der Waals surface area (Å²) in [6.07, 6.45) is 3.43. The topological polar surface area (TPSA) is 0 Å². The number of halogens is 3. The van der Waals surface area contributed by atoms with Crippen LogP contribution in [-0.4, -0.2) is 5.33 Å². The summed E-state index contributed by atoms with van der Waals surface area (Å²) in [5.41, 5.74) is 0.534. The van der Waals surface area contributed by atoms with Crippen molar-refractivity contribution in [2.75, 3.05) is 5.33 Å². The molecule has 0 saturated carbocycles. The van der Waals surface area contributed by atoms with Gasteiger partial charge < -0.3 is 0 Å². The lowest BCUT2D eigenvalue weighted by Crippen LogP contribution is -1.81. The third-order valence-electron chi connectivity index (χ3n) is 1.28. The minimum Gasteiger partial charge on any atom is -0.207 e. The van der Waals surface area contributed by atoms with Crippen molar-refractivity contribution in [3.05, 3.63) is 41.5 Å². The van der Waals surface area contributed by atoms with Gasteiger partial charge in [-0.05, 0) is 17.7 Å². The van der Waals surface area contributed by atoms with E-state index in [0.717, 1.165) is 6.07 Å². The minimum atomic E-state index is -0.552. The predicted molar refractivity (Wildman–Crippen MR) is 49.2 cm³/mol. The molecule has 1 rings (SSSR count). The van der Waals surface area contributed by atoms with Crippen molar-refractivity contribution in [2.24, 2.45) is 0 Å². The highest BCUT2D eigenvalue weighted by Crippen LogP contribution is 2.09. The van der Waals surface area contributed by atoms with Crippen LogP contribution in [0.1, 0.15) is 5.56 Å². The van der Waals surface area contributed by atoms with Gasteiger partial charge >= 0.3 is 0 Å². The molecule has 0 aromatic heterocycles. The zero-order chi connectivity index (χ0) is 8.97. The van der Waals surface area contributed by atoms with Crippen LogP contribution < -0.4 is 0 Å². The zero-order valence-electron chi connectivity index (χ0n) is 6.23. The zero-order valence-corrected chi connectivity index (χ0v) is 7.81. The predicted octanol–water partition coefficient (Wildman–Crippen LogP) is 3.37. The molecule has 0 bridgehead atoms. The maximum atomic E-state index is 12.6. The van der Waals surface area contributed by atoms with E-state index in [1.54, 1.807) is 12.2 Å². The largest absolute Gasteiger partial charge is 0.207 e. The molecule has 1 aromatic carbocycles. The molecular weight excluding hydrogens is 226 g/mol. The summed E-state index contributed by atoms with van der Waals surface area (Å²) in [7, 11) is 0.